The molecule has 1 saturated carbocycles. The molecule has 3 heterocycles. The highest BCUT2D eigenvalue weighted by atomic mass is 32.1. The lowest BCUT2D eigenvalue weighted by atomic mass is 9.99. The molecule has 1 aliphatic carbocycles. The van der Waals surface area contributed by atoms with Crippen LogP contribution in [0, 0.1) is 5.92 Å². The maximum atomic E-state index is 6.30. The van der Waals surface area contributed by atoms with Crippen molar-refractivity contribution in [3.05, 3.63) is 22.4 Å². The van der Waals surface area contributed by atoms with Gasteiger partial charge in [0.1, 0.15) is 0 Å². The predicted octanol–water partition coefficient (Wildman–Crippen LogP) is 3.30. The van der Waals surface area contributed by atoms with E-state index < -0.39 is 0 Å². The van der Waals surface area contributed by atoms with Crippen molar-refractivity contribution < 1.29 is 9.47 Å². The number of likely N-dealkylation sites (tertiary alicyclic amines) is 1. The van der Waals surface area contributed by atoms with Crippen molar-refractivity contribution in [3.63, 3.8) is 0 Å². The van der Waals surface area contributed by atoms with Crippen LogP contribution in [0.25, 0.3) is 0 Å². The van der Waals surface area contributed by atoms with E-state index in [0.717, 1.165) is 32.1 Å². The van der Waals surface area contributed by atoms with Gasteiger partial charge in [-0.1, -0.05) is 0 Å². The Morgan fingerprint density at radius 2 is 2.14 bits per heavy atom. The zero-order valence-electron chi connectivity index (χ0n) is 12.6. The van der Waals surface area contributed by atoms with Crippen LogP contribution in [0.5, 0.6) is 0 Å². The molecule has 1 unspecified atom stereocenters. The highest BCUT2D eigenvalue weighted by molar-refractivity contribution is 7.07. The van der Waals surface area contributed by atoms with Crippen LogP contribution >= 0.6 is 11.3 Å². The van der Waals surface area contributed by atoms with Crippen LogP contribution in [0.3, 0.4) is 0 Å². The Labute approximate surface area is 131 Å². The number of fused-ring (bicyclic) bond motifs is 1. The molecule has 21 heavy (non-hydrogen) atoms. The summed E-state index contributed by atoms with van der Waals surface area (Å²) < 4.78 is 12.1. The predicted molar refractivity (Wildman–Crippen MR) is 84.6 cm³/mol. The first-order chi connectivity index (χ1) is 10.4. The molecule has 116 valence electrons. The van der Waals surface area contributed by atoms with Crippen LogP contribution in [0.15, 0.2) is 16.8 Å². The van der Waals surface area contributed by atoms with Gasteiger partial charge in [0, 0.05) is 25.7 Å². The zero-order valence-corrected chi connectivity index (χ0v) is 13.4. The Hall–Kier alpha value is -0.420. The largest absolute Gasteiger partial charge is 0.378 e. The van der Waals surface area contributed by atoms with Crippen LogP contribution < -0.4 is 0 Å². The number of thiophene rings is 1. The van der Waals surface area contributed by atoms with E-state index in [1.54, 1.807) is 11.3 Å². The third kappa shape index (κ3) is 3.50. The number of nitrogens with zero attached hydrogens (tertiary/aromatic N) is 1. The van der Waals surface area contributed by atoms with E-state index in [4.69, 9.17) is 9.47 Å². The molecule has 0 amide bonds. The average molecular weight is 307 g/mol. The van der Waals surface area contributed by atoms with Gasteiger partial charge in [-0.15, -0.1) is 0 Å². The second-order valence-electron chi connectivity index (χ2n) is 6.81. The normalized spacial score (nSPS) is 33.2. The number of rotatable bonds is 6. The zero-order chi connectivity index (χ0) is 14.1. The molecule has 3 nitrogen and oxygen atoms in total. The molecule has 0 radical (unpaired) electrons. The lowest BCUT2D eigenvalue weighted by Crippen LogP contribution is -2.43. The smallest absolute Gasteiger partial charge is 0.0813 e. The van der Waals surface area contributed by atoms with E-state index in [2.05, 4.69) is 21.7 Å². The fourth-order valence-electron chi connectivity index (χ4n) is 3.67. The Kier molecular flexibility index (Phi) is 4.30. The second kappa shape index (κ2) is 6.37. The summed E-state index contributed by atoms with van der Waals surface area (Å²) in [5.74, 6) is 0.855. The fourth-order valence-corrected chi connectivity index (χ4v) is 4.33. The van der Waals surface area contributed by atoms with Crippen LogP contribution in [-0.4, -0.2) is 42.9 Å². The average Bonchev–Trinajstić information content (AvgIpc) is 3.03. The summed E-state index contributed by atoms with van der Waals surface area (Å²) in [5, 5.41) is 4.44. The molecule has 1 aromatic heterocycles. The van der Waals surface area contributed by atoms with E-state index >= 15 is 0 Å². The van der Waals surface area contributed by atoms with Gasteiger partial charge in [0.25, 0.3) is 0 Å². The van der Waals surface area contributed by atoms with Crippen molar-refractivity contribution in [1.82, 2.24) is 4.90 Å². The lowest BCUT2D eigenvalue weighted by Gasteiger charge is -2.36. The van der Waals surface area contributed by atoms with E-state index in [-0.39, 0.29) is 0 Å². The molecule has 0 aromatic carbocycles. The topological polar surface area (TPSA) is 21.7 Å². The second-order valence-corrected chi connectivity index (χ2v) is 7.59. The summed E-state index contributed by atoms with van der Waals surface area (Å²) in [4.78, 5) is 2.62. The van der Waals surface area contributed by atoms with Gasteiger partial charge < -0.3 is 9.47 Å². The maximum Gasteiger partial charge on any atom is 0.0813 e. The quantitative estimate of drug-likeness (QED) is 0.805. The van der Waals surface area contributed by atoms with Crippen molar-refractivity contribution >= 4 is 11.3 Å². The van der Waals surface area contributed by atoms with Crippen LogP contribution in [0.1, 0.15) is 37.7 Å². The molecule has 4 heteroatoms. The van der Waals surface area contributed by atoms with Gasteiger partial charge in [0.2, 0.25) is 0 Å². The third-order valence-electron chi connectivity index (χ3n) is 5.07. The van der Waals surface area contributed by atoms with Gasteiger partial charge in [-0.05, 0) is 60.4 Å². The van der Waals surface area contributed by atoms with Crippen LogP contribution in [-0.2, 0) is 16.0 Å². The highest BCUT2D eigenvalue weighted by Crippen LogP contribution is 2.33. The molecule has 0 bridgehead atoms. The first-order valence-corrected chi connectivity index (χ1v) is 9.31. The van der Waals surface area contributed by atoms with E-state index in [1.165, 1.54) is 37.8 Å². The Morgan fingerprint density at radius 3 is 2.95 bits per heavy atom. The first kappa shape index (κ1) is 14.2. The molecule has 0 N–H and O–H groups in total. The monoisotopic (exact) mass is 307 g/mol. The van der Waals surface area contributed by atoms with Gasteiger partial charge in [0.15, 0.2) is 0 Å². The van der Waals surface area contributed by atoms with Gasteiger partial charge in [-0.25, -0.2) is 0 Å². The van der Waals surface area contributed by atoms with Gasteiger partial charge in [-0.3, -0.25) is 4.90 Å². The van der Waals surface area contributed by atoms with Crippen molar-refractivity contribution in [2.75, 3.05) is 19.8 Å². The SMILES string of the molecule is c1cc(CN2CC[C@@H]3OC(COCC4CC4)CC[C@@H]32)cs1. The fraction of sp³-hybridized carbons (Fsp3) is 0.765. The summed E-state index contributed by atoms with van der Waals surface area (Å²) in [5.41, 5.74) is 1.45. The molecule has 1 aromatic rings. The minimum absolute atomic E-state index is 0.339. The summed E-state index contributed by atoms with van der Waals surface area (Å²) in [6.45, 7) is 4.04. The standard InChI is InChI=1S/C17H25NO2S/c1-2-13(1)10-19-11-15-3-4-16-17(20-15)5-7-18(16)9-14-6-8-21-12-14/h6,8,12-13,15-17H,1-5,7,9-11H2/t15?,16-,17-/m0/s1. The van der Waals surface area contributed by atoms with E-state index in [9.17, 15) is 0 Å². The van der Waals surface area contributed by atoms with Crippen LogP contribution in [0.4, 0.5) is 0 Å². The highest BCUT2D eigenvalue weighted by Gasteiger charge is 2.39. The summed E-state index contributed by atoms with van der Waals surface area (Å²) >= 11 is 1.79. The number of hydrogen-bond acceptors (Lipinski definition) is 4. The summed E-state index contributed by atoms with van der Waals surface area (Å²) in [7, 11) is 0. The maximum absolute atomic E-state index is 6.30. The molecular weight excluding hydrogens is 282 g/mol. The van der Waals surface area contributed by atoms with E-state index in [1.807, 2.05) is 0 Å². The Balaban J connectivity index is 1.25. The van der Waals surface area contributed by atoms with Crippen molar-refractivity contribution in [1.29, 1.82) is 0 Å². The van der Waals surface area contributed by atoms with Gasteiger partial charge in [0.05, 0.1) is 18.8 Å². The minimum Gasteiger partial charge on any atom is -0.378 e. The van der Waals surface area contributed by atoms with Gasteiger partial charge >= 0.3 is 0 Å². The molecular formula is C17H25NO2S. The van der Waals surface area contributed by atoms with Crippen molar-refractivity contribution in [2.24, 2.45) is 5.92 Å². The van der Waals surface area contributed by atoms with Crippen molar-refractivity contribution in [2.45, 2.75) is 56.9 Å². The summed E-state index contributed by atoms with van der Waals surface area (Å²) in [6, 6.07) is 2.88. The molecule has 0 spiro atoms. The number of ether oxygens (including phenoxy) is 2. The van der Waals surface area contributed by atoms with E-state index in [0.29, 0.717) is 18.2 Å². The third-order valence-corrected chi connectivity index (χ3v) is 5.80. The molecule has 2 saturated heterocycles. The Bertz CT molecular complexity index is 446. The lowest BCUT2D eigenvalue weighted by molar-refractivity contribution is -0.101. The van der Waals surface area contributed by atoms with Crippen LogP contribution in [0.2, 0.25) is 0 Å². The minimum atomic E-state index is 0.339. The van der Waals surface area contributed by atoms with Crippen molar-refractivity contribution in [3.8, 4) is 0 Å². The first-order valence-electron chi connectivity index (χ1n) is 8.37. The summed E-state index contributed by atoms with van der Waals surface area (Å²) in [6.07, 6.45) is 7.13. The number of hydrogen-bond donors (Lipinski definition) is 0. The molecule has 4 rings (SSSR count). The molecule has 3 atom stereocenters. The Morgan fingerprint density at radius 1 is 1.19 bits per heavy atom. The molecule has 3 fully saturated rings. The molecule has 2 aliphatic heterocycles. The molecule has 3 aliphatic rings. The van der Waals surface area contributed by atoms with Gasteiger partial charge in [-0.2, -0.15) is 11.3 Å².